The Balaban J connectivity index is 1.64. The van der Waals surface area contributed by atoms with Crippen LogP contribution in [0.5, 0.6) is 5.75 Å². The van der Waals surface area contributed by atoms with Gasteiger partial charge in [0.2, 0.25) is 10.0 Å². The molecule has 0 saturated heterocycles. The van der Waals surface area contributed by atoms with Gasteiger partial charge in [0.15, 0.2) is 0 Å². The molecular formula is C20H25FN2O3S. The minimum absolute atomic E-state index is 0.140. The Morgan fingerprint density at radius 2 is 1.85 bits per heavy atom. The molecule has 3 rings (SSSR count). The molecule has 5 nitrogen and oxygen atoms in total. The summed E-state index contributed by atoms with van der Waals surface area (Å²) in [6.45, 7) is 3.96. The Bertz CT molecular complexity index is 912. The normalized spacial score (nSPS) is 14.3. The van der Waals surface area contributed by atoms with Crippen LogP contribution in [-0.4, -0.2) is 46.5 Å². The number of benzene rings is 2. The van der Waals surface area contributed by atoms with Crippen molar-refractivity contribution in [2.24, 2.45) is 0 Å². The molecule has 7 heteroatoms. The molecule has 0 atom stereocenters. The largest absolute Gasteiger partial charge is 0.492 e. The maximum Gasteiger partial charge on any atom is 0.242 e. The second-order valence-electron chi connectivity index (χ2n) is 6.89. The number of hydrogen-bond donors (Lipinski definition) is 0. The van der Waals surface area contributed by atoms with Crippen molar-refractivity contribution in [1.29, 1.82) is 0 Å². The SMILES string of the molecule is Cc1ccc(F)c2c1N(CCOc1ccc(S(=O)(=O)N(C)C)cc1)CCC2. The molecule has 0 bridgehead atoms. The van der Waals surface area contributed by atoms with E-state index in [0.29, 0.717) is 18.9 Å². The molecule has 2 aromatic carbocycles. The monoisotopic (exact) mass is 392 g/mol. The van der Waals surface area contributed by atoms with E-state index in [1.54, 1.807) is 24.3 Å². The summed E-state index contributed by atoms with van der Waals surface area (Å²) in [4.78, 5) is 2.40. The van der Waals surface area contributed by atoms with Crippen LogP contribution >= 0.6 is 0 Å². The molecule has 0 spiro atoms. The Morgan fingerprint density at radius 1 is 1.15 bits per heavy atom. The van der Waals surface area contributed by atoms with E-state index >= 15 is 0 Å². The van der Waals surface area contributed by atoms with Crippen LogP contribution in [0.4, 0.5) is 10.1 Å². The van der Waals surface area contributed by atoms with Crippen LogP contribution in [0.2, 0.25) is 0 Å². The molecule has 2 aromatic rings. The topological polar surface area (TPSA) is 49.9 Å². The number of sulfonamides is 1. The summed E-state index contributed by atoms with van der Waals surface area (Å²) in [5.74, 6) is 0.472. The Kier molecular flexibility index (Phi) is 5.72. The van der Waals surface area contributed by atoms with Gasteiger partial charge in [-0.1, -0.05) is 6.07 Å². The first-order valence-electron chi connectivity index (χ1n) is 8.99. The molecule has 146 valence electrons. The van der Waals surface area contributed by atoms with Crippen molar-refractivity contribution in [3.63, 3.8) is 0 Å². The number of halogens is 1. The first-order chi connectivity index (χ1) is 12.8. The van der Waals surface area contributed by atoms with Crippen LogP contribution in [-0.2, 0) is 16.4 Å². The number of hydrogen-bond acceptors (Lipinski definition) is 4. The maximum absolute atomic E-state index is 14.1. The Hall–Kier alpha value is -2.12. The van der Waals surface area contributed by atoms with Gasteiger partial charge in [-0.15, -0.1) is 0 Å². The predicted molar refractivity (Wildman–Crippen MR) is 104 cm³/mol. The summed E-state index contributed by atoms with van der Waals surface area (Å²) in [7, 11) is -0.438. The fraction of sp³-hybridized carbons (Fsp3) is 0.400. The van der Waals surface area contributed by atoms with E-state index in [4.69, 9.17) is 4.74 Å². The van der Waals surface area contributed by atoms with Crippen LogP contribution in [0.15, 0.2) is 41.3 Å². The van der Waals surface area contributed by atoms with Crippen LogP contribution in [0.1, 0.15) is 17.5 Å². The van der Waals surface area contributed by atoms with Gasteiger partial charge in [0, 0.05) is 31.9 Å². The second kappa shape index (κ2) is 7.86. The molecule has 0 aromatic heterocycles. The molecule has 0 fully saturated rings. The summed E-state index contributed by atoms with van der Waals surface area (Å²) in [5.41, 5.74) is 2.85. The third-order valence-corrected chi connectivity index (χ3v) is 6.66. The van der Waals surface area contributed by atoms with Gasteiger partial charge >= 0.3 is 0 Å². The molecule has 0 N–H and O–H groups in total. The van der Waals surface area contributed by atoms with Gasteiger partial charge in [-0.2, -0.15) is 0 Å². The van der Waals surface area contributed by atoms with Gasteiger partial charge in [0.25, 0.3) is 0 Å². The lowest BCUT2D eigenvalue weighted by Crippen LogP contribution is -2.34. The third-order valence-electron chi connectivity index (χ3n) is 4.83. The van der Waals surface area contributed by atoms with Crippen molar-refractivity contribution in [1.82, 2.24) is 4.31 Å². The summed E-state index contributed by atoms with van der Waals surface area (Å²) >= 11 is 0. The lowest BCUT2D eigenvalue weighted by atomic mass is 9.97. The fourth-order valence-corrected chi connectivity index (χ4v) is 4.28. The number of anilines is 1. The smallest absolute Gasteiger partial charge is 0.242 e. The number of fused-ring (bicyclic) bond motifs is 1. The maximum atomic E-state index is 14.1. The van der Waals surface area contributed by atoms with Crippen molar-refractivity contribution in [3.8, 4) is 5.75 Å². The molecule has 0 unspecified atom stereocenters. The van der Waals surface area contributed by atoms with Crippen molar-refractivity contribution >= 4 is 15.7 Å². The molecule has 1 aliphatic rings. The van der Waals surface area contributed by atoms with E-state index in [1.165, 1.54) is 24.5 Å². The summed E-state index contributed by atoms with van der Waals surface area (Å²) in [5, 5.41) is 0. The highest BCUT2D eigenvalue weighted by molar-refractivity contribution is 7.89. The van der Waals surface area contributed by atoms with Gasteiger partial charge < -0.3 is 9.64 Å². The van der Waals surface area contributed by atoms with Gasteiger partial charge in [0.05, 0.1) is 11.4 Å². The zero-order chi connectivity index (χ0) is 19.6. The minimum atomic E-state index is -3.44. The summed E-state index contributed by atoms with van der Waals surface area (Å²) < 4.78 is 45.2. The highest BCUT2D eigenvalue weighted by atomic mass is 32.2. The molecule has 27 heavy (non-hydrogen) atoms. The van der Waals surface area contributed by atoms with E-state index in [1.807, 2.05) is 13.0 Å². The van der Waals surface area contributed by atoms with E-state index in [-0.39, 0.29) is 10.7 Å². The summed E-state index contributed by atoms with van der Waals surface area (Å²) in [6.07, 6.45) is 1.69. The third kappa shape index (κ3) is 4.09. The van der Waals surface area contributed by atoms with Crippen LogP contribution in [0.3, 0.4) is 0 Å². The van der Waals surface area contributed by atoms with Crippen molar-refractivity contribution in [3.05, 3.63) is 53.3 Å². The number of ether oxygens (including phenoxy) is 1. The minimum Gasteiger partial charge on any atom is -0.492 e. The van der Waals surface area contributed by atoms with Crippen molar-refractivity contribution < 1.29 is 17.5 Å². The number of aryl methyl sites for hydroxylation is 1. The van der Waals surface area contributed by atoms with Gasteiger partial charge in [-0.3, -0.25) is 0 Å². The zero-order valence-corrected chi connectivity index (χ0v) is 16.7. The first-order valence-corrected chi connectivity index (χ1v) is 10.4. The average Bonchev–Trinajstić information content (AvgIpc) is 2.65. The molecule has 0 aliphatic carbocycles. The van der Waals surface area contributed by atoms with Crippen LogP contribution in [0.25, 0.3) is 0 Å². The second-order valence-corrected chi connectivity index (χ2v) is 9.04. The Labute approximate surface area is 160 Å². The standard InChI is InChI=1S/C20H25FN2O3S/c1-15-6-11-19(21)18-5-4-12-23(20(15)18)13-14-26-16-7-9-17(10-8-16)27(24,25)22(2)3/h6-11H,4-5,12-14H2,1-3H3. The quantitative estimate of drug-likeness (QED) is 0.757. The van der Waals surface area contributed by atoms with Crippen molar-refractivity contribution in [2.45, 2.75) is 24.7 Å². The predicted octanol–water partition coefficient (Wildman–Crippen LogP) is 3.22. The average molecular weight is 392 g/mol. The molecule has 0 radical (unpaired) electrons. The van der Waals surface area contributed by atoms with E-state index in [2.05, 4.69) is 4.90 Å². The van der Waals surface area contributed by atoms with Crippen LogP contribution in [0, 0.1) is 12.7 Å². The number of nitrogens with zero attached hydrogens (tertiary/aromatic N) is 2. The van der Waals surface area contributed by atoms with Gasteiger partial charge in [-0.25, -0.2) is 17.1 Å². The molecule has 1 aliphatic heterocycles. The molecular weight excluding hydrogens is 367 g/mol. The van der Waals surface area contributed by atoms with Gasteiger partial charge in [-0.05, 0) is 55.7 Å². The van der Waals surface area contributed by atoms with Crippen molar-refractivity contribution in [2.75, 3.05) is 38.7 Å². The van der Waals surface area contributed by atoms with Gasteiger partial charge in [0.1, 0.15) is 18.2 Å². The lowest BCUT2D eigenvalue weighted by Gasteiger charge is -2.33. The first kappa shape index (κ1) is 19.6. The van der Waals surface area contributed by atoms with Crippen LogP contribution < -0.4 is 9.64 Å². The Morgan fingerprint density at radius 3 is 2.52 bits per heavy atom. The molecule has 0 amide bonds. The van der Waals surface area contributed by atoms with E-state index < -0.39 is 10.0 Å². The fourth-order valence-electron chi connectivity index (χ4n) is 3.38. The zero-order valence-electron chi connectivity index (χ0n) is 15.9. The molecule has 1 heterocycles. The number of rotatable bonds is 6. The highest BCUT2D eigenvalue weighted by Crippen LogP contribution is 2.32. The van der Waals surface area contributed by atoms with E-state index in [0.717, 1.165) is 36.2 Å². The highest BCUT2D eigenvalue weighted by Gasteiger charge is 2.22. The molecule has 0 saturated carbocycles. The lowest BCUT2D eigenvalue weighted by molar-refractivity contribution is 0.322. The van der Waals surface area contributed by atoms with E-state index in [9.17, 15) is 12.8 Å². The summed E-state index contributed by atoms with van der Waals surface area (Å²) in [6, 6.07) is 9.76.